The van der Waals surface area contributed by atoms with E-state index in [-0.39, 0.29) is 28.8 Å². The zero-order valence-electron chi connectivity index (χ0n) is 11.2. The van der Waals surface area contributed by atoms with E-state index in [1.165, 1.54) is 18.2 Å². The molecule has 2 rings (SSSR count). The number of aliphatic hydroxyl groups excluding tert-OH is 1. The number of anilines is 1. The summed E-state index contributed by atoms with van der Waals surface area (Å²) in [6.45, 7) is 2.70. The number of hydrogen-bond acceptors (Lipinski definition) is 5. The Morgan fingerprint density at radius 3 is 2.85 bits per heavy atom. The third-order valence-electron chi connectivity index (χ3n) is 3.63. The number of carbonyl (C=O) groups is 1. The molecule has 7 heteroatoms. The van der Waals surface area contributed by atoms with Crippen molar-refractivity contribution in [2.24, 2.45) is 5.92 Å². The first-order valence-electron chi connectivity index (χ1n) is 6.41. The monoisotopic (exact) mass is 279 g/mol. The van der Waals surface area contributed by atoms with Crippen LogP contribution in [0.1, 0.15) is 23.7 Å². The van der Waals surface area contributed by atoms with Gasteiger partial charge in [0.2, 0.25) is 0 Å². The smallest absolute Gasteiger partial charge is 0.270 e. The minimum atomic E-state index is -0.557. The number of amides is 1. The molecule has 7 nitrogen and oxygen atoms in total. The van der Waals surface area contributed by atoms with Crippen LogP contribution in [0.25, 0.3) is 0 Å². The third kappa shape index (κ3) is 2.72. The molecule has 0 spiro atoms. The van der Waals surface area contributed by atoms with Gasteiger partial charge in [0.05, 0.1) is 16.6 Å². The molecule has 2 atom stereocenters. The van der Waals surface area contributed by atoms with Crippen molar-refractivity contribution in [1.82, 2.24) is 4.90 Å². The molecular weight excluding hydrogens is 262 g/mol. The summed E-state index contributed by atoms with van der Waals surface area (Å²) in [6.07, 6.45) is 0.0865. The molecular formula is C13H17N3O4. The van der Waals surface area contributed by atoms with Crippen LogP contribution >= 0.6 is 0 Å². The minimum absolute atomic E-state index is 0.0207. The molecule has 0 aliphatic carbocycles. The van der Waals surface area contributed by atoms with Gasteiger partial charge in [-0.3, -0.25) is 14.9 Å². The lowest BCUT2D eigenvalue weighted by Gasteiger charge is -2.34. The van der Waals surface area contributed by atoms with Crippen LogP contribution in [-0.2, 0) is 0 Å². The maximum atomic E-state index is 12.4. The molecule has 1 amide bonds. The molecule has 1 aliphatic heterocycles. The van der Waals surface area contributed by atoms with Crippen LogP contribution in [0.5, 0.6) is 0 Å². The number of benzene rings is 1. The summed E-state index contributed by atoms with van der Waals surface area (Å²) in [5, 5.41) is 20.4. The van der Waals surface area contributed by atoms with E-state index in [9.17, 15) is 20.0 Å². The Morgan fingerprint density at radius 1 is 1.55 bits per heavy atom. The summed E-state index contributed by atoms with van der Waals surface area (Å²) in [7, 11) is 0. The normalized spacial score (nSPS) is 22.6. The molecule has 1 aliphatic rings. The molecule has 0 bridgehead atoms. The second kappa shape index (κ2) is 5.46. The highest BCUT2D eigenvalue weighted by molar-refractivity contribution is 5.99. The molecule has 0 aromatic heterocycles. The molecule has 20 heavy (non-hydrogen) atoms. The maximum absolute atomic E-state index is 12.4. The van der Waals surface area contributed by atoms with Gasteiger partial charge in [-0.05, 0) is 18.4 Å². The van der Waals surface area contributed by atoms with E-state index in [1.807, 2.05) is 6.92 Å². The van der Waals surface area contributed by atoms with Crippen molar-refractivity contribution in [3.8, 4) is 0 Å². The lowest BCUT2D eigenvalue weighted by Crippen LogP contribution is -2.45. The van der Waals surface area contributed by atoms with E-state index in [4.69, 9.17) is 5.73 Å². The van der Waals surface area contributed by atoms with Gasteiger partial charge in [0.15, 0.2) is 0 Å². The van der Waals surface area contributed by atoms with Crippen molar-refractivity contribution in [2.75, 3.05) is 18.8 Å². The number of nitrogen functional groups attached to an aromatic ring is 1. The molecule has 1 saturated heterocycles. The first-order valence-corrected chi connectivity index (χ1v) is 6.41. The predicted octanol–water partition coefficient (Wildman–Crippen LogP) is 1.02. The van der Waals surface area contributed by atoms with E-state index in [1.54, 1.807) is 4.90 Å². The van der Waals surface area contributed by atoms with Gasteiger partial charge in [-0.25, -0.2) is 0 Å². The van der Waals surface area contributed by atoms with Crippen LogP contribution < -0.4 is 5.73 Å². The topological polar surface area (TPSA) is 110 Å². The summed E-state index contributed by atoms with van der Waals surface area (Å²) >= 11 is 0. The van der Waals surface area contributed by atoms with E-state index >= 15 is 0 Å². The number of carbonyl (C=O) groups excluding carboxylic acids is 1. The van der Waals surface area contributed by atoms with Crippen LogP contribution in [0.4, 0.5) is 11.4 Å². The number of hydrogen-bond donors (Lipinski definition) is 2. The fourth-order valence-electron chi connectivity index (χ4n) is 2.33. The first kappa shape index (κ1) is 14.3. The van der Waals surface area contributed by atoms with Gasteiger partial charge in [0, 0.05) is 30.9 Å². The van der Waals surface area contributed by atoms with Crippen LogP contribution in [0, 0.1) is 16.0 Å². The van der Waals surface area contributed by atoms with Gasteiger partial charge >= 0.3 is 0 Å². The van der Waals surface area contributed by atoms with Gasteiger partial charge in [0.25, 0.3) is 11.6 Å². The van der Waals surface area contributed by atoms with Crippen LogP contribution in [-0.4, -0.2) is 40.0 Å². The van der Waals surface area contributed by atoms with Crippen molar-refractivity contribution >= 4 is 17.3 Å². The number of nitrogens with two attached hydrogens (primary N) is 1. The zero-order chi connectivity index (χ0) is 14.9. The lowest BCUT2D eigenvalue weighted by molar-refractivity contribution is -0.384. The SMILES string of the molecule is CC1CN(C(=O)c2cc([N+](=O)[O-])ccc2N)CCC1O. The fourth-order valence-corrected chi connectivity index (χ4v) is 2.33. The summed E-state index contributed by atoms with van der Waals surface area (Å²) in [4.78, 5) is 24.2. The van der Waals surface area contributed by atoms with Crippen LogP contribution in [0.3, 0.4) is 0 Å². The number of nitro groups is 1. The van der Waals surface area contributed by atoms with E-state index < -0.39 is 11.0 Å². The standard InChI is InChI=1S/C13H17N3O4/c1-8-7-15(5-4-12(8)17)13(18)10-6-9(16(19)20)2-3-11(10)14/h2-3,6,8,12,17H,4-5,7,14H2,1H3. The Kier molecular flexibility index (Phi) is 3.89. The minimum Gasteiger partial charge on any atom is -0.398 e. The number of likely N-dealkylation sites (tertiary alicyclic amines) is 1. The third-order valence-corrected chi connectivity index (χ3v) is 3.63. The fraction of sp³-hybridized carbons (Fsp3) is 0.462. The molecule has 1 heterocycles. The second-order valence-electron chi connectivity index (χ2n) is 5.11. The van der Waals surface area contributed by atoms with Crippen molar-refractivity contribution in [3.63, 3.8) is 0 Å². The first-order chi connectivity index (χ1) is 9.40. The second-order valence-corrected chi connectivity index (χ2v) is 5.11. The van der Waals surface area contributed by atoms with Crippen molar-refractivity contribution < 1.29 is 14.8 Å². The highest BCUT2D eigenvalue weighted by atomic mass is 16.6. The van der Waals surface area contributed by atoms with Crippen molar-refractivity contribution in [2.45, 2.75) is 19.4 Å². The molecule has 3 N–H and O–H groups in total. The summed E-state index contributed by atoms with van der Waals surface area (Å²) in [5.41, 5.74) is 5.94. The highest BCUT2D eigenvalue weighted by Gasteiger charge is 2.29. The lowest BCUT2D eigenvalue weighted by atomic mass is 9.96. The molecule has 1 fully saturated rings. The maximum Gasteiger partial charge on any atom is 0.270 e. The summed E-state index contributed by atoms with van der Waals surface area (Å²) < 4.78 is 0. The summed E-state index contributed by atoms with van der Waals surface area (Å²) in [5.74, 6) is -0.349. The van der Waals surface area contributed by atoms with Crippen molar-refractivity contribution in [1.29, 1.82) is 0 Å². The average molecular weight is 279 g/mol. The van der Waals surface area contributed by atoms with E-state index in [0.717, 1.165) is 0 Å². The average Bonchev–Trinajstić information content (AvgIpc) is 2.41. The Labute approximate surface area is 116 Å². The molecule has 2 unspecified atom stereocenters. The van der Waals surface area contributed by atoms with Gasteiger partial charge in [-0.2, -0.15) is 0 Å². The Bertz CT molecular complexity index is 546. The van der Waals surface area contributed by atoms with Crippen molar-refractivity contribution in [3.05, 3.63) is 33.9 Å². The number of nitro benzene ring substituents is 1. The molecule has 1 aromatic rings. The van der Waals surface area contributed by atoms with Crippen LogP contribution in [0.2, 0.25) is 0 Å². The van der Waals surface area contributed by atoms with Gasteiger partial charge in [-0.15, -0.1) is 0 Å². The Morgan fingerprint density at radius 2 is 2.25 bits per heavy atom. The molecule has 108 valence electrons. The molecule has 1 aromatic carbocycles. The number of aliphatic hydroxyl groups is 1. The van der Waals surface area contributed by atoms with E-state index in [2.05, 4.69) is 0 Å². The Balaban J connectivity index is 2.25. The van der Waals surface area contributed by atoms with E-state index in [0.29, 0.717) is 19.5 Å². The molecule has 0 radical (unpaired) electrons. The number of nitrogens with zero attached hydrogens (tertiary/aromatic N) is 2. The Hall–Kier alpha value is -2.15. The zero-order valence-corrected chi connectivity index (χ0v) is 11.2. The predicted molar refractivity (Wildman–Crippen MR) is 73.2 cm³/mol. The quantitative estimate of drug-likeness (QED) is 0.477. The van der Waals surface area contributed by atoms with Gasteiger partial charge in [-0.1, -0.05) is 6.92 Å². The van der Waals surface area contributed by atoms with Crippen LogP contribution in [0.15, 0.2) is 18.2 Å². The number of rotatable bonds is 2. The molecule has 0 saturated carbocycles. The van der Waals surface area contributed by atoms with Gasteiger partial charge < -0.3 is 15.7 Å². The number of piperidine rings is 1. The summed E-state index contributed by atoms with van der Waals surface area (Å²) in [6, 6.07) is 3.84. The number of non-ortho nitro benzene ring substituents is 1. The largest absolute Gasteiger partial charge is 0.398 e. The highest BCUT2D eigenvalue weighted by Crippen LogP contribution is 2.24. The van der Waals surface area contributed by atoms with Gasteiger partial charge in [0.1, 0.15) is 0 Å².